The minimum atomic E-state index is 0.888. The van der Waals surface area contributed by atoms with Crippen molar-refractivity contribution in [1.29, 1.82) is 0 Å². The third kappa shape index (κ3) is 3.25. The van der Waals surface area contributed by atoms with Crippen LogP contribution in [0.4, 0.5) is 0 Å². The summed E-state index contributed by atoms with van der Waals surface area (Å²) in [4.78, 5) is 2.61. The van der Waals surface area contributed by atoms with E-state index in [2.05, 4.69) is 17.1 Å². The van der Waals surface area contributed by atoms with E-state index in [4.69, 9.17) is 0 Å². The molecule has 2 fully saturated rings. The summed E-state index contributed by atoms with van der Waals surface area (Å²) >= 11 is 0. The van der Waals surface area contributed by atoms with Crippen LogP contribution in [0.3, 0.4) is 0 Å². The van der Waals surface area contributed by atoms with Gasteiger partial charge in [-0.15, -0.1) is 0 Å². The molecule has 2 heteroatoms. The average Bonchev–Trinajstić information content (AvgIpc) is 2.90. The van der Waals surface area contributed by atoms with Crippen LogP contribution in [0.2, 0.25) is 0 Å². The highest BCUT2D eigenvalue weighted by molar-refractivity contribution is 4.82. The van der Waals surface area contributed by atoms with Gasteiger partial charge in [0, 0.05) is 19.1 Å². The van der Waals surface area contributed by atoms with Crippen molar-refractivity contribution in [3.63, 3.8) is 0 Å². The van der Waals surface area contributed by atoms with Crippen LogP contribution in [0.25, 0.3) is 0 Å². The highest BCUT2D eigenvalue weighted by Crippen LogP contribution is 2.20. The van der Waals surface area contributed by atoms with Gasteiger partial charge in [0.15, 0.2) is 0 Å². The lowest BCUT2D eigenvalue weighted by molar-refractivity contribution is 0.0926. The lowest BCUT2D eigenvalue weighted by atomic mass is 9.95. The lowest BCUT2D eigenvalue weighted by Crippen LogP contribution is -2.47. The van der Waals surface area contributed by atoms with Gasteiger partial charge >= 0.3 is 0 Å². The monoisotopic (exact) mass is 196 g/mol. The number of hydrogen-bond acceptors (Lipinski definition) is 2. The van der Waals surface area contributed by atoms with E-state index in [0.29, 0.717) is 0 Å². The van der Waals surface area contributed by atoms with Crippen molar-refractivity contribution in [3.8, 4) is 0 Å². The van der Waals surface area contributed by atoms with Crippen LogP contribution < -0.4 is 5.32 Å². The summed E-state index contributed by atoms with van der Waals surface area (Å²) in [5.74, 6) is 1.02. The van der Waals surface area contributed by atoms with Crippen LogP contribution >= 0.6 is 0 Å². The van der Waals surface area contributed by atoms with Crippen LogP contribution in [0.15, 0.2) is 0 Å². The molecule has 0 amide bonds. The van der Waals surface area contributed by atoms with Crippen molar-refractivity contribution < 1.29 is 0 Å². The Morgan fingerprint density at radius 1 is 1.29 bits per heavy atom. The van der Waals surface area contributed by atoms with E-state index >= 15 is 0 Å². The molecular formula is C12H24N2. The highest BCUT2D eigenvalue weighted by Gasteiger charge is 2.25. The van der Waals surface area contributed by atoms with E-state index in [1.165, 1.54) is 58.3 Å². The summed E-state index contributed by atoms with van der Waals surface area (Å²) in [7, 11) is 0. The van der Waals surface area contributed by atoms with E-state index in [1.807, 2.05) is 0 Å². The quantitative estimate of drug-likeness (QED) is 0.625. The number of nitrogens with zero attached hydrogens (tertiary/aromatic N) is 1. The Labute approximate surface area is 88.1 Å². The van der Waals surface area contributed by atoms with Gasteiger partial charge in [-0.2, -0.15) is 0 Å². The fourth-order valence-electron chi connectivity index (χ4n) is 2.35. The Morgan fingerprint density at radius 2 is 2.07 bits per heavy atom. The first-order valence-corrected chi connectivity index (χ1v) is 6.34. The molecule has 14 heavy (non-hydrogen) atoms. The van der Waals surface area contributed by atoms with Gasteiger partial charge in [-0.05, 0) is 44.7 Å². The zero-order valence-corrected chi connectivity index (χ0v) is 9.47. The Balaban J connectivity index is 1.39. The molecule has 1 aliphatic heterocycles. The molecule has 0 aromatic carbocycles. The van der Waals surface area contributed by atoms with Crippen molar-refractivity contribution in [2.45, 2.75) is 45.1 Å². The van der Waals surface area contributed by atoms with E-state index in [1.54, 1.807) is 0 Å². The smallest absolute Gasteiger partial charge is 0.00682 e. The van der Waals surface area contributed by atoms with E-state index in [-0.39, 0.29) is 0 Å². The summed E-state index contributed by atoms with van der Waals surface area (Å²) in [6.45, 7) is 7.59. The van der Waals surface area contributed by atoms with Crippen LogP contribution in [0.5, 0.6) is 0 Å². The predicted molar refractivity (Wildman–Crippen MR) is 60.5 cm³/mol. The normalized spacial score (nSPS) is 23.8. The second-order valence-corrected chi connectivity index (χ2v) is 5.00. The molecule has 0 atom stereocenters. The van der Waals surface area contributed by atoms with Crippen LogP contribution in [-0.4, -0.2) is 37.1 Å². The molecule has 0 unspecified atom stereocenters. The molecule has 2 nitrogen and oxygen atoms in total. The molecule has 0 radical (unpaired) electrons. The Kier molecular flexibility index (Phi) is 3.82. The molecule has 0 aromatic rings. The Morgan fingerprint density at radius 3 is 2.71 bits per heavy atom. The van der Waals surface area contributed by atoms with Gasteiger partial charge in [-0.1, -0.05) is 13.3 Å². The average molecular weight is 196 g/mol. The second kappa shape index (κ2) is 5.13. The predicted octanol–water partition coefficient (Wildman–Crippen LogP) is 1.86. The standard InChI is InChI=1S/C12H24N2/c1-2-4-11-9-14(10-11)8-3-7-13-12-5-6-12/h11-13H,2-10H2,1H3. The molecule has 1 saturated carbocycles. The summed E-state index contributed by atoms with van der Waals surface area (Å²) < 4.78 is 0. The molecule has 2 rings (SSSR count). The number of nitrogens with one attached hydrogen (secondary N) is 1. The third-order valence-electron chi connectivity index (χ3n) is 3.39. The van der Waals surface area contributed by atoms with Crippen LogP contribution in [0.1, 0.15) is 39.0 Å². The van der Waals surface area contributed by atoms with E-state index in [9.17, 15) is 0 Å². The van der Waals surface area contributed by atoms with Crippen molar-refractivity contribution in [1.82, 2.24) is 10.2 Å². The van der Waals surface area contributed by atoms with E-state index < -0.39 is 0 Å². The maximum atomic E-state index is 3.57. The molecule has 1 heterocycles. The first kappa shape index (κ1) is 10.4. The number of likely N-dealkylation sites (tertiary alicyclic amines) is 1. The second-order valence-electron chi connectivity index (χ2n) is 5.00. The maximum absolute atomic E-state index is 3.57. The minimum Gasteiger partial charge on any atom is -0.314 e. The van der Waals surface area contributed by atoms with Gasteiger partial charge < -0.3 is 10.2 Å². The molecule has 0 spiro atoms. The highest BCUT2D eigenvalue weighted by atomic mass is 15.2. The molecule has 0 bridgehead atoms. The number of hydrogen-bond donors (Lipinski definition) is 1. The summed E-state index contributed by atoms with van der Waals surface area (Å²) in [5.41, 5.74) is 0. The third-order valence-corrected chi connectivity index (χ3v) is 3.39. The first-order valence-electron chi connectivity index (χ1n) is 6.34. The molecule has 0 aromatic heterocycles. The molecule has 82 valence electrons. The van der Waals surface area contributed by atoms with Gasteiger partial charge in [0.05, 0.1) is 0 Å². The first-order chi connectivity index (χ1) is 6.88. The van der Waals surface area contributed by atoms with Gasteiger partial charge in [-0.25, -0.2) is 0 Å². The zero-order valence-electron chi connectivity index (χ0n) is 9.47. The zero-order chi connectivity index (χ0) is 9.80. The van der Waals surface area contributed by atoms with Gasteiger partial charge in [0.2, 0.25) is 0 Å². The molecule has 1 N–H and O–H groups in total. The molecular weight excluding hydrogens is 172 g/mol. The number of rotatable bonds is 7. The summed E-state index contributed by atoms with van der Waals surface area (Å²) in [5, 5.41) is 3.57. The van der Waals surface area contributed by atoms with Gasteiger partial charge in [0.1, 0.15) is 0 Å². The largest absolute Gasteiger partial charge is 0.314 e. The molecule has 2 aliphatic rings. The molecule has 1 saturated heterocycles. The van der Waals surface area contributed by atoms with Crippen LogP contribution in [-0.2, 0) is 0 Å². The summed E-state index contributed by atoms with van der Waals surface area (Å²) in [6, 6.07) is 0.888. The fraction of sp³-hybridized carbons (Fsp3) is 1.00. The Hall–Kier alpha value is -0.0800. The fourth-order valence-corrected chi connectivity index (χ4v) is 2.35. The van der Waals surface area contributed by atoms with Crippen molar-refractivity contribution in [3.05, 3.63) is 0 Å². The van der Waals surface area contributed by atoms with Crippen molar-refractivity contribution >= 4 is 0 Å². The van der Waals surface area contributed by atoms with Gasteiger partial charge in [0.25, 0.3) is 0 Å². The van der Waals surface area contributed by atoms with Gasteiger partial charge in [-0.3, -0.25) is 0 Å². The van der Waals surface area contributed by atoms with Crippen LogP contribution in [0, 0.1) is 5.92 Å². The van der Waals surface area contributed by atoms with Crippen molar-refractivity contribution in [2.24, 2.45) is 5.92 Å². The molecule has 1 aliphatic carbocycles. The maximum Gasteiger partial charge on any atom is 0.00682 e. The SMILES string of the molecule is CCCC1CN(CCCNC2CC2)C1. The topological polar surface area (TPSA) is 15.3 Å². The summed E-state index contributed by atoms with van der Waals surface area (Å²) in [6.07, 6.45) is 6.98. The van der Waals surface area contributed by atoms with Crippen molar-refractivity contribution in [2.75, 3.05) is 26.2 Å². The minimum absolute atomic E-state index is 0.888. The van der Waals surface area contributed by atoms with E-state index in [0.717, 1.165) is 12.0 Å². The Bertz CT molecular complexity index is 160. The lowest BCUT2D eigenvalue weighted by Gasteiger charge is -2.39.